The van der Waals surface area contributed by atoms with Crippen molar-refractivity contribution in [2.45, 2.75) is 19.4 Å². The molecular weight excluding hydrogens is 396 g/mol. The maximum atomic E-state index is 12.5. The fourth-order valence-corrected chi connectivity index (χ4v) is 3.74. The van der Waals surface area contributed by atoms with Crippen LogP contribution in [0, 0.1) is 0 Å². The molecule has 8 nitrogen and oxygen atoms in total. The zero-order valence-corrected chi connectivity index (χ0v) is 17.5. The third-order valence-corrected chi connectivity index (χ3v) is 5.37. The highest BCUT2D eigenvalue weighted by molar-refractivity contribution is 7.09. The monoisotopic (exact) mass is 420 g/mol. The molecule has 1 unspecified atom stereocenters. The fourth-order valence-electron chi connectivity index (χ4n) is 2.95. The van der Waals surface area contributed by atoms with Crippen LogP contribution in [0.2, 0.25) is 0 Å². The normalized spacial score (nSPS) is 14.3. The first-order valence-corrected chi connectivity index (χ1v) is 10.1. The van der Waals surface area contributed by atoms with Crippen LogP contribution in [-0.4, -0.2) is 63.5 Å². The van der Waals surface area contributed by atoms with E-state index in [9.17, 15) is 9.59 Å². The van der Waals surface area contributed by atoms with Gasteiger partial charge in [-0.2, -0.15) is 0 Å². The number of ether oxygens (including phenoxy) is 4. The lowest BCUT2D eigenvalue weighted by Crippen LogP contribution is -2.48. The van der Waals surface area contributed by atoms with E-state index in [0.29, 0.717) is 24.7 Å². The smallest absolute Gasteiger partial charge is 0.329 e. The fraction of sp³-hybridized carbons (Fsp3) is 0.450. The maximum Gasteiger partial charge on any atom is 0.329 e. The summed E-state index contributed by atoms with van der Waals surface area (Å²) in [6.07, 6.45) is 0.740. The van der Waals surface area contributed by atoms with E-state index in [1.54, 1.807) is 31.4 Å². The molecule has 0 fully saturated rings. The van der Waals surface area contributed by atoms with E-state index >= 15 is 0 Å². The van der Waals surface area contributed by atoms with E-state index in [4.69, 9.17) is 18.9 Å². The van der Waals surface area contributed by atoms with E-state index in [2.05, 4.69) is 4.98 Å². The van der Waals surface area contributed by atoms with Crippen LogP contribution in [0.4, 0.5) is 5.69 Å². The quantitative estimate of drug-likeness (QED) is 0.454. The summed E-state index contributed by atoms with van der Waals surface area (Å²) < 4.78 is 20.7. The molecule has 0 spiro atoms. The number of hydrogen-bond acceptors (Lipinski definition) is 8. The van der Waals surface area contributed by atoms with E-state index in [-0.39, 0.29) is 19.1 Å². The number of anilines is 1. The minimum atomic E-state index is -0.787. The molecule has 2 heterocycles. The number of carbonyl (C=O) groups is 2. The number of thiazole rings is 1. The van der Waals surface area contributed by atoms with Crippen LogP contribution in [-0.2, 0) is 30.2 Å². The van der Waals surface area contributed by atoms with Crippen LogP contribution < -0.4 is 9.64 Å². The highest BCUT2D eigenvalue weighted by atomic mass is 32.1. The minimum Gasteiger partial charge on any atom is -0.482 e. The van der Waals surface area contributed by atoms with Crippen LogP contribution in [0.3, 0.4) is 0 Å². The van der Waals surface area contributed by atoms with Gasteiger partial charge in [0, 0.05) is 31.6 Å². The van der Waals surface area contributed by atoms with E-state index in [1.165, 1.54) is 12.0 Å². The van der Waals surface area contributed by atoms with Crippen molar-refractivity contribution in [1.82, 2.24) is 4.98 Å². The molecule has 2 aromatic rings. The first kappa shape index (κ1) is 21.2. The molecule has 0 bridgehead atoms. The van der Waals surface area contributed by atoms with E-state index < -0.39 is 12.0 Å². The van der Waals surface area contributed by atoms with Crippen molar-refractivity contribution in [2.75, 3.05) is 45.5 Å². The van der Waals surface area contributed by atoms with Crippen molar-refractivity contribution in [3.05, 3.63) is 28.6 Å². The van der Waals surface area contributed by atoms with Gasteiger partial charge in [0.25, 0.3) is 5.91 Å². The van der Waals surface area contributed by atoms with Gasteiger partial charge in [0.1, 0.15) is 18.4 Å². The number of benzene rings is 1. The molecular formula is C20H24N2O6S. The van der Waals surface area contributed by atoms with Crippen molar-refractivity contribution in [2.24, 2.45) is 0 Å². The van der Waals surface area contributed by atoms with Gasteiger partial charge >= 0.3 is 5.97 Å². The third-order valence-electron chi connectivity index (χ3n) is 4.47. The first-order valence-electron chi connectivity index (χ1n) is 9.23. The summed E-state index contributed by atoms with van der Waals surface area (Å²) in [7, 11) is 3.19. The SMILES string of the molecule is COCCOC(=O)C(C)N1C(=O)COc2ccc(-c3csc(CCOC)n3)cc21. The standard InChI is InChI=1S/C20H24N2O6S/c1-13(20(24)27-9-8-26-3)22-16-10-14(4-5-17(16)28-11-19(22)23)15-12-29-18(21-15)6-7-25-2/h4-5,10,12-13H,6-9,11H2,1-3H3. The molecule has 1 atom stereocenters. The lowest BCUT2D eigenvalue weighted by Gasteiger charge is -2.33. The second-order valence-corrected chi connectivity index (χ2v) is 7.38. The number of aromatic nitrogens is 1. The van der Waals surface area contributed by atoms with Gasteiger partial charge in [0.15, 0.2) is 6.61 Å². The number of rotatable bonds is 9. The lowest BCUT2D eigenvalue weighted by molar-refractivity contribution is -0.147. The maximum absolute atomic E-state index is 12.5. The highest BCUT2D eigenvalue weighted by Gasteiger charge is 2.34. The van der Waals surface area contributed by atoms with Gasteiger partial charge in [-0.1, -0.05) is 0 Å². The molecule has 1 aromatic heterocycles. The Hall–Kier alpha value is -2.49. The molecule has 1 aromatic carbocycles. The van der Waals surface area contributed by atoms with Crippen LogP contribution >= 0.6 is 11.3 Å². The zero-order valence-electron chi connectivity index (χ0n) is 16.7. The molecule has 3 rings (SSSR count). The predicted molar refractivity (Wildman–Crippen MR) is 108 cm³/mol. The van der Waals surface area contributed by atoms with Gasteiger partial charge < -0.3 is 18.9 Å². The Morgan fingerprint density at radius 2 is 2.07 bits per heavy atom. The van der Waals surface area contributed by atoms with Crippen molar-refractivity contribution >= 4 is 28.9 Å². The third kappa shape index (κ3) is 4.92. The molecule has 1 aliphatic rings. The van der Waals surface area contributed by atoms with Gasteiger partial charge in [-0.15, -0.1) is 11.3 Å². The molecule has 0 saturated carbocycles. The molecule has 0 saturated heterocycles. The van der Waals surface area contributed by atoms with Crippen LogP contribution in [0.15, 0.2) is 23.6 Å². The predicted octanol–water partition coefficient (Wildman–Crippen LogP) is 2.30. The number of esters is 1. The van der Waals surface area contributed by atoms with Gasteiger partial charge in [-0.25, -0.2) is 9.78 Å². The molecule has 0 N–H and O–H groups in total. The van der Waals surface area contributed by atoms with E-state index in [0.717, 1.165) is 22.7 Å². The summed E-state index contributed by atoms with van der Waals surface area (Å²) in [6.45, 7) is 2.55. The van der Waals surface area contributed by atoms with Crippen molar-refractivity contribution in [3.8, 4) is 17.0 Å². The van der Waals surface area contributed by atoms with E-state index in [1.807, 2.05) is 17.5 Å². The molecule has 9 heteroatoms. The second-order valence-electron chi connectivity index (χ2n) is 6.44. The Morgan fingerprint density at radius 1 is 1.28 bits per heavy atom. The summed E-state index contributed by atoms with van der Waals surface area (Å²) >= 11 is 1.56. The molecule has 1 amide bonds. The van der Waals surface area contributed by atoms with Gasteiger partial charge in [-0.05, 0) is 25.1 Å². The Kier molecular flexibility index (Phi) is 7.18. The topological polar surface area (TPSA) is 87.2 Å². The van der Waals surface area contributed by atoms with Crippen molar-refractivity contribution < 1.29 is 28.5 Å². The number of nitrogens with zero attached hydrogens (tertiary/aromatic N) is 2. The summed E-state index contributed by atoms with van der Waals surface area (Å²) in [5.41, 5.74) is 2.17. The summed E-state index contributed by atoms with van der Waals surface area (Å²) in [5, 5.41) is 2.93. The number of methoxy groups -OCH3 is 2. The average molecular weight is 420 g/mol. The average Bonchev–Trinajstić information content (AvgIpc) is 3.20. The second kappa shape index (κ2) is 9.82. The van der Waals surface area contributed by atoms with Crippen LogP contribution in [0.1, 0.15) is 11.9 Å². The zero-order chi connectivity index (χ0) is 20.8. The Bertz CT molecular complexity index is 868. The first-order chi connectivity index (χ1) is 14.0. The molecule has 29 heavy (non-hydrogen) atoms. The van der Waals surface area contributed by atoms with Crippen molar-refractivity contribution in [1.29, 1.82) is 0 Å². The number of fused-ring (bicyclic) bond motifs is 1. The molecule has 156 valence electrons. The van der Waals surface area contributed by atoms with Gasteiger partial charge in [-0.3, -0.25) is 9.69 Å². The summed E-state index contributed by atoms with van der Waals surface area (Å²) in [6, 6.07) is 4.72. The van der Waals surface area contributed by atoms with Crippen LogP contribution in [0.25, 0.3) is 11.3 Å². The number of amides is 1. The summed E-state index contributed by atoms with van der Waals surface area (Å²) in [4.78, 5) is 31.0. The van der Waals surface area contributed by atoms with Crippen molar-refractivity contribution in [3.63, 3.8) is 0 Å². The molecule has 0 aliphatic carbocycles. The molecule has 1 aliphatic heterocycles. The Morgan fingerprint density at radius 3 is 2.83 bits per heavy atom. The Balaban J connectivity index is 1.85. The Labute approximate surface area is 173 Å². The van der Waals surface area contributed by atoms with Gasteiger partial charge in [0.05, 0.1) is 29.6 Å². The lowest BCUT2D eigenvalue weighted by atomic mass is 10.1. The largest absolute Gasteiger partial charge is 0.482 e. The van der Waals surface area contributed by atoms with Crippen LogP contribution in [0.5, 0.6) is 5.75 Å². The number of hydrogen-bond donors (Lipinski definition) is 0. The number of carbonyl (C=O) groups excluding carboxylic acids is 2. The molecule has 0 radical (unpaired) electrons. The highest BCUT2D eigenvalue weighted by Crippen LogP contribution is 2.37. The van der Waals surface area contributed by atoms with Gasteiger partial charge in [0.2, 0.25) is 0 Å². The minimum absolute atomic E-state index is 0.125. The summed E-state index contributed by atoms with van der Waals surface area (Å²) in [5.74, 6) is -0.256.